The molecule has 2 aliphatic heterocycles. The lowest BCUT2D eigenvalue weighted by Gasteiger charge is -2.30. The lowest BCUT2D eigenvalue weighted by atomic mass is 9.66. The van der Waals surface area contributed by atoms with Crippen LogP contribution in [0.2, 0.25) is 5.82 Å². The summed E-state index contributed by atoms with van der Waals surface area (Å²) in [6.45, 7) is 1.34. The van der Waals surface area contributed by atoms with Crippen LogP contribution in [0.5, 0.6) is 0 Å². The third-order valence-corrected chi connectivity index (χ3v) is 4.40. The Hall–Kier alpha value is -1.12. The fourth-order valence-electron chi connectivity index (χ4n) is 3.11. The number of hydrogen-bond donors (Lipinski definition) is 4. The topological polar surface area (TPSA) is 108 Å². The molecule has 3 atom stereocenters. The van der Waals surface area contributed by atoms with Crippen LogP contribution in [0.15, 0.2) is 0 Å². The Morgan fingerprint density at radius 2 is 2.05 bits per heavy atom. The molecular formula is C14H25BN2O5. The van der Waals surface area contributed by atoms with Gasteiger partial charge >= 0.3 is 13.1 Å². The average molecular weight is 312 g/mol. The number of carboxylic acids is 1. The molecule has 0 aliphatic carbocycles. The molecule has 0 aromatic heterocycles. The van der Waals surface area contributed by atoms with Crippen LogP contribution in [0.25, 0.3) is 0 Å². The lowest BCUT2D eigenvalue weighted by Crippen LogP contribution is -2.43. The van der Waals surface area contributed by atoms with Crippen LogP contribution in [0.3, 0.4) is 0 Å². The average Bonchev–Trinajstić information content (AvgIpc) is 2.47. The molecule has 0 bridgehead atoms. The lowest BCUT2D eigenvalue weighted by molar-refractivity contribution is -0.139. The fraction of sp³-hybridized carbons (Fsp3) is 0.857. The quantitative estimate of drug-likeness (QED) is 0.520. The fourth-order valence-corrected chi connectivity index (χ4v) is 3.11. The van der Waals surface area contributed by atoms with Gasteiger partial charge in [-0.25, -0.2) is 0 Å². The highest BCUT2D eigenvalue weighted by Crippen LogP contribution is 2.27. The minimum atomic E-state index is -1.01. The highest BCUT2D eigenvalue weighted by Gasteiger charge is 2.35. The highest BCUT2D eigenvalue weighted by molar-refractivity contribution is 6.45. The molecule has 22 heavy (non-hydrogen) atoms. The van der Waals surface area contributed by atoms with Gasteiger partial charge in [0.2, 0.25) is 5.91 Å². The zero-order valence-electron chi connectivity index (χ0n) is 12.8. The Bertz CT molecular complexity index is 389. The molecular weight excluding hydrogens is 287 g/mol. The van der Waals surface area contributed by atoms with Crippen molar-refractivity contribution in [3.8, 4) is 0 Å². The summed E-state index contributed by atoms with van der Waals surface area (Å²) in [6, 6.07) is 0.251. The minimum Gasteiger partial charge on any atom is -0.481 e. The van der Waals surface area contributed by atoms with E-state index in [0.717, 1.165) is 19.4 Å². The first kappa shape index (κ1) is 17.2. The number of piperidine rings is 1. The molecule has 0 aromatic carbocycles. The van der Waals surface area contributed by atoms with E-state index in [1.54, 1.807) is 0 Å². The number of aliphatic carboxylic acids is 1. The van der Waals surface area contributed by atoms with Crippen LogP contribution < -0.4 is 10.6 Å². The van der Waals surface area contributed by atoms with Crippen molar-refractivity contribution in [2.45, 2.75) is 62.9 Å². The van der Waals surface area contributed by atoms with E-state index in [4.69, 9.17) is 9.76 Å². The van der Waals surface area contributed by atoms with Gasteiger partial charge in [-0.2, -0.15) is 0 Å². The van der Waals surface area contributed by atoms with Gasteiger partial charge in [0.25, 0.3) is 0 Å². The summed E-state index contributed by atoms with van der Waals surface area (Å²) in [6.07, 6.45) is 4.53. The SMILES string of the molecule is O=C(O)C[C@@H]1CC[C@H](CNC(=O)C[C@H]2CCCCN2)B(O)O1. The molecule has 2 rings (SSSR count). The highest BCUT2D eigenvalue weighted by atomic mass is 16.5. The number of carbonyl (C=O) groups is 2. The van der Waals surface area contributed by atoms with Crippen LogP contribution in [-0.4, -0.2) is 54.4 Å². The van der Waals surface area contributed by atoms with Crippen LogP contribution in [-0.2, 0) is 14.2 Å². The van der Waals surface area contributed by atoms with E-state index < -0.39 is 19.2 Å². The van der Waals surface area contributed by atoms with E-state index >= 15 is 0 Å². The summed E-state index contributed by atoms with van der Waals surface area (Å²) in [5, 5.41) is 24.8. The largest absolute Gasteiger partial charge is 0.481 e. The smallest absolute Gasteiger partial charge is 0.459 e. The third-order valence-electron chi connectivity index (χ3n) is 4.40. The first-order valence-corrected chi connectivity index (χ1v) is 8.10. The summed E-state index contributed by atoms with van der Waals surface area (Å²) in [5.74, 6) is -1.11. The summed E-state index contributed by atoms with van der Waals surface area (Å²) in [4.78, 5) is 22.6. The molecule has 0 aromatic rings. The van der Waals surface area contributed by atoms with Crippen LogP contribution >= 0.6 is 0 Å². The first-order valence-electron chi connectivity index (χ1n) is 8.10. The molecule has 8 heteroatoms. The number of carbonyl (C=O) groups excluding carboxylic acids is 1. The second-order valence-electron chi connectivity index (χ2n) is 6.24. The minimum absolute atomic E-state index is 0.0146. The predicted molar refractivity (Wildman–Crippen MR) is 81.4 cm³/mol. The summed E-state index contributed by atoms with van der Waals surface area (Å²) in [5.41, 5.74) is 0. The van der Waals surface area contributed by atoms with Crippen LogP contribution in [0, 0.1) is 0 Å². The number of carboxylic acid groups (broad SMARTS) is 1. The molecule has 2 fully saturated rings. The maximum Gasteiger partial charge on any atom is 0.459 e. The van der Waals surface area contributed by atoms with Gasteiger partial charge < -0.3 is 25.4 Å². The molecule has 2 aliphatic rings. The molecule has 7 nitrogen and oxygen atoms in total. The van der Waals surface area contributed by atoms with Gasteiger partial charge in [0.05, 0.1) is 12.5 Å². The van der Waals surface area contributed by atoms with E-state index in [2.05, 4.69) is 10.6 Å². The zero-order valence-corrected chi connectivity index (χ0v) is 12.8. The maximum atomic E-state index is 11.9. The summed E-state index contributed by atoms with van der Waals surface area (Å²) < 4.78 is 5.30. The molecule has 2 saturated heterocycles. The van der Waals surface area contributed by atoms with Crippen LogP contribution in [0.1, 0.15) is 44.9 Å². The molecule has 124 valence electrons. The van der Waals surface area contributed by atoms with Crippen molar-refractivity contribution in [1.82, 2.24) is 10.6 Å². The first-order chi connectivity index (χ1) is 10.5. The van der Waals surface area contributed by atoms with Gasteiger partial charge in [0, 0.05) is 24.8 Å². The number of nitrogens with one attached hydrogen (secondary N) is 2. The van der Waals surface area contributed by atoms with E-state index in [1.165, 1.54) is 6.42 Å². The number of hydrogen-bond acceptors (Lipinski definition) is 5. The maximum absolute atomic E-state index is 11.9. The number of amides is 1. The molecule has 1 amide bonds. The molecule has 0 unspecified atom stereocenters. The van der Waals surface area contributed by atoms with Crippen LogP contribution in [0.4, 0.5) is 0 Å². The normalized spacial score (nSPS) is 29.1. The second-order valence-corrected chi connectivity index (χ2v) is 6.24. The Morgan fingerprint density at radius 3 is 2.68 bits per heavy atom. The van der Waals surface area contributed by atoms with Gasteiger partial charge in [0.1, 0.15) is 0 Å². The molecule has 0 spiro atoms. The predicted octanol–water partition coefficient (Wildman–Crippen LogP) is 0.139. The summed E-state index contributed by atoms with van der Waals surface area (Å²) in [7, 11) is -1.01. The van der Waals surface area contributed by atoms with Crippen molar-refractivity contribution in [1.29, 1.82) is 0 Å². The second kappa shape index (κ2) is 8.50. The van der Waals surface area contributed by atoms with E-state index in [9.17, 15) is 14.6 Å². The van der Waals surface area contributed by atoms with Crippen molar-refractivity contribution in [3.63, 3.8) is 0 Å². The molecule has 0 radical (unpaired) electrons. The number of rotatable bonds is 6. The standard InChI is InChI=1S/C14H25BN2O5/c18-13(7-11-3-1-2-6-16-11)17-9-10-4-5-12(8-14(19)20)22-15(10)21/h10-12,16,21H,1-9H2,(H,17,18)(H,19,20)/t10-,11-,12+/m1/s1. The summed E-state index contributed by atoms with van der Waals surface area (Å²) >= 11 is 0. The van der Waals surface area contributed by atoms with Gasteiger partial charge in [-0.05, 0) is 32.2 Å². The Labute approximate surface area is 130 Å². The Balaban J connectivity index is 1.66. The van der Waals surface area contributed by atoms with E-state index in [0.29, 0.717) is 25.8 Å². The van der Waals surface area contributed by atoms with E-state index in [-0.39, 0.29) is 24.2 Å². The van der Waals surface area contributed by atoms with Gasteiger partial charge in [-0.3, -0.25) is 9.59 Å². The van der Waals surface area contributed by atoms with Gasteiger partial charge in [-0.1, -0.05) is 6.42 Å². The third kappa shape index (κ3) is 5.59. The van der Waals surface area contributed by atoms with Crippen molar-refractivity contribution in [2.24, 2.45) is 0 Å². The zero-order chi connectivity index (χ0) is 15.9. The molecule has 4 N–H and O–H groups in total. The molecule has 2 heterocycles. The van der Waals surface area contributed by atoms with Crippen molar-refractivity contribution in [2.75, 3.05) is 13.1 Å². The van der Waals surface area contributed by atoms with Gasteiger partial charge in [0.15, 0.2) is 0 Å². The van der Waals surface area contributed by atoms with Crippen molar-refractivity contribution in [3.05, 3.63) is 0 Å². The monoisotopic (exact) mass is 312 g/mol. The Kier molecular flexibility index (Phi) is 6.66. The van der Waals surface area contributed by atoms with E-state index in [1.807, 2.05) is 0 Å². The molecule has 0 saturated carbocycles. The van der Waals surface area contributed by atoms with Crippen molar-refractivity contribution < 1.29 is 24.4 Å². The Morgan fingerprint density at radius 1 is 1.23 bits per heavy atom. The van der Waals surface area contributed by atoms with Gasteiger partial charge in [-0.15, -0.1) is 0 Å². The van der Waals surface area contributed by atoms with Crippen molar-refractivity contribution >= 4 is 19.0 Å².